The third-order valence-corrected chi connectivity index (χ3v) is 6.45. The summed E-state index contributed by atoms with van der Waals surface area (Å²) in [4.78, 5) is 14.5. The summed E-state index contributed by atoms with van der Waals surface area (Å²) in [5, 5.41) is 1.74. The van der Waals surface area contributed by atoms with Crippen LogP contribution in [0.25, 0.3) is 10.9 Å². The van der Waals surface area contributed by atoms with Crippen molar-refractivity contribution in [2.24, 2.45) is 0 Å². The number of benzene rings is 2. The third-order valence-electron chi connectivity index (χ3n) is 5.56. The molecule has 0 amide bonds. The Morgan fingerprint density at radius 2 is 1.91 bits per heavy atom. The maximum atomic E-state index is 12.1. The standard InChI is InChI=1S/C26H32BrClN2O2/c1-4-14-29(17-19(2)32-22-12-10-21(28)11-13-22)15-5-6-16-30-18-24(20(3)31)23-8-7-9-25(27)26(23)30/h7-13,18-19H,4-6,14-17H2,1-3H3. The number of unbranched alkanes of at least 4 members (excludes halogenated alkanes) is 1. The summed E-state index contributed by atoms with van der Waals surface area (Å²) in [6.45, 7) is 9.83. The zero-order valence-corrected chi connectivity index (χ0v) is 21.5. The second-order valence-corrected chi connectivity index (χ2v) is 9.61. The molecule has 0 saturated carbocycles. The summed E-state index contributed by atoms with van der Waals surface area (Å²) < 4.78 is 9.31. The van der Waals surface area contributed by atoms with Crippen LogP contribution in [0.4, 0.5) is 0 Å². The second kappa shape index (κ2) is 11.9. The number of nitrogens with zero attached hydrogens (tertiary/aromatic N) is 2. The summed E-state index contributed by atoms with van der Waals surface area (Å²) in [6, 6.07) is 13.6. The average Bonchev–Trinajstić information content (AvgIpc) is 3.13. The maximum absolute atomic E-state index is 12.1. The van der Waals surface area contributed by atoms with E-state index in [4.69, 9.17) is 16.3 Å². The molecule has 0 aliphatic heterocycles. The molecule has 1 atom stereocenters. The number of ketones is 1. The minimum Gasteiger partial charge on any atom is -0.489 e. The monoisotopic (exact) mass is 518 g/mol. The fourth-order valence-corrected chi connectivity index (χ4v) is 4.87. The lowest BCUT2D eigenvalue weighted by atomic mass is 10.1. The van der Waals surface area contributed by atoms with Crippen molar-refractivity contribution in [2.75, 3.05) is 19.6 Å². The molecule has 172 valence electrons. The quantitative estimate of drug-likeness (QED) is 0.187. The number of carbonyl (C=O) groups is 1. The number of halogens is 2. The van der Waals surface area contributed by atoms with Crippen LogP contribution in [0.15, 0.2) is 53.1 Å². The van der Waals surface area contributed by atoms with E-state index in [9.17, 15) is 4.79 Å². The number of para-hydroxylation sites is 1. The Hall–Kier alpha value is -1.82. The van der Waals surface area contributed by atoms with Crippen LogP contribution in [0, 0.1) is 0 Å². The molecule has 6 heteroatoms. The molecule has 0 N–H and O–H groups in total. The SMILES string of the molecule is CCCN(CCCCn1cc(C(C)=O)c2cccc(Br)c21)CC(C)Oc1ccc(Cl)cc1. The molecule has 0 aliphatic carbocycles. The number of hydrogen-bond donors (Lipinski definition) is 0. The van der Waals surface area contributed by atoms with E-state index in [1.807, 2.05) is 48.7 Å². The summed E-state index contributed by atoms with van der Waals surface area (Å²) in [5.41, 5.74) is 1.90. The van der Waals surface area contributed by atoms with Gasteiger partial charge < -0.3 is 9.30 Å². The molecule has 0 bridgehead atoms. The van der Waals surface area contributed by atoms with Gasteiger partial charge in [0.25, 0.3) is 0 Å². The van der Waals surface area contributed by atoms with Crippen molar-refractivity contribution in [1.82, 2.24) is 9.47 Å². The van der Waals surface area contributed by atoms with Crippen molar-refractivity contribution < 1.29 is 9.53 Å². The highest BCUT2D eigenvalue weighted by atomic mass is 79.9. The van der Waals surface area contributed by atoms with Gasteiger partial charge in [0, 0.05) is 39.7 Å². The Kier molecular flexibility index (Phi) is 9.21. The molecule has 1 heterocycles. The van der Waals surface area contributed by atoms with Crippen LogP contribution >= 0.6 is 27.5 Å². The normalized spacial score (nSPS) is 12.4. The van der Waals surface area contributed by atoms with Gasteiger partial charge in [-0.25, -0.2) is 0 Å². The van der Waals surface area contributed by atoms with Gasteiger partial charge >= 0.3 is 0 Å². The highest BCUT2D eigenvalue weighted by Gasteiger charge is 2.15. The van der Waals surface area contributed by atoms with E-state index >= 15 is 0 Å². The topological polar surface area (TPSA) is 34.5 Å². The van der Waals surface area contributed by atoms with Crippen LogP contribution in [0.5, 0.6) is 5.75 Å². The van der Waals surface area contributed by atoms with Crippen LogP contribution in [0.1, 0.15) is 50.4 Å². The molecule has 3 aromatic rings. The predicted octanol–water partition coefficient (Wildman–Crippen LogP) is 7.22. The highest BCUT2D eigenvalue weighted by molar-refractivity contribution is 9.10. The molecule has 0 saturated heterocycles. The smallest absolute Gasteiger partial charge is 0.161 e. The van der Waals surface area contributed by atoms with Gasteiger partial charge in [0.2, 0.25) is 0 Å². The Morgan fingerprint density at radius 1 is 1.16 bits per heavy atom. The number of aromatic nitrogens is 1. The molecule has 3 rings (SSSR count). The molecule has 0 fully saturated rings. The fraction of sp³-hybridized carbons (Fsp3) is 0.423. The fourth-order valence-electron chi connectivity index (χ4n) is 4.15. The summed E-state index contributed by atoms with van der Waals surface area (Å²) in [5.74, 6) is 0.959. The summed E-state index contributed by atoms with van der Waals surface area (Å²) in [6.07, 6.45) is 5.36. The number of aryl methyl sites for hydroxylation is 1. The lowest BCUT2D eigenvalue weighted by Crippen LogP contribution is -2.35. The van der Waals surface area contributed by atoms with Crippen molar-refractivity contribution in [3.63, 3.8) is 0 Å². The Bertz CT molecular complexity index is 1030. The molecule has 1 unspecified atom stereocenters. The summed E-state index contributed by atoms with van der Waals surface area (Å²) >= 11 is 9.62. The van der Waals surface area contributed by atoms with Gasteiger partial charge in [0.05, 0.1) is 5.52 Å². The lowest BCUT2D eigenvalue weighted by molar-refractivity contribution is 0.101. The third kappa shape index (κ3) is 6.60. The van der Waals surface area contributed by atoms with E-state index in [1.165, 1.54) is 0 Å². The minimum atomic E-state index is 0.102. The van der Waals surface area contributed by atoms with Crippen molar-refractivity contribution in [1.29, 1.82) is 0 Å². The van der Waals surface area contributed by atoms with Gasteiger partial charge in [-0.15, -0.1) is 0 Å². The first kappa shape index (κ1) is 24.8. The first-order valence-corrected chi connectivity index (χ1v) is 12.5. The number of fused-ring (bicyclic) bond motifs is 1. The average molecular weight is 520 g/mol. The van der Waals surface area contributed by atoms with Crippen molar-refractivity contribution in [3.05, 3.63) is 63.7 Å². The number of hydrogen-bond acceptors (Lipinski definition) is 3. The van der Waals surface area contributed by atoms with Crippen molar-refractivity contribution >= 4 is 44.2 Å². The minimum absolute atomic E-state index is 0.102. The molecule has 0 radical (unpaired) electrons. The molecule has 0 spiro atoms. The van der Waals surface area contributed by atoms with Gasteiger partial charge in [-0.2, -0.15) is 0 Å². The van der Waals surface area contributed by atoms with E-state index in [0.29, 0.717) is 0 Å². The Balaban J connectivity index is 1.54. The second-order valence-electron chi connectivity index (χ2n) is 8.32. The Labute approximate surface area is 204 Å². The van der Waals surface area contributed by atoms with Crippen LogP contribution in [-0.4, -0.2) is 41.0 Å². The number of rotatable bonds is 12. The number of ether oxygens (including phenoxy) is 1. The van der Waals surface area contributed by atoms with E-state index in [0.717, 1.165) is 77.2 Å². The molecule has 1 aromatic heterocycles. The van der Waals surface area contributed by atoms with Crippen molar-refractivity contribution in [3.8, 4) is 5.75 Å². The first-order chi connectivity index (χ1) is 15.4. The predicted molar refractivity (Wildman–Crippen MR) is 137 cm³/mol. The number of carbonyl (C=O) groups excluding carboxylic acids is 1. The van der Waals surface area contributed by atoms with E-state index < -0.39 is 0 Å². The van der Waals surface area contributed by atoms with Gasteiger partial charge in [0.1, 0.15) is 11.9 Å². The van der Waals surface area contributed by atoms with Crippen LogP contribution in [0.2, 0.25) is 5.02 Å². The largest absolute Gasteiger partial charge is 0.489 e. The molecule has 32 heavy (non-hydrogen) atoms. The molecule has 2 aromatic carbocycles. The van der Waals surface area contributed by atoms with Crippen LogP contribution < -0.4 is 4.74 Å². The highest BCUT2D eigenvalue weighted by Crippen LogP contribution is 2.29. The van der Waals surface area contributed by atoms with Gasteiger partial charge in [-0.1, -0.05) is 30.7 Å². The zero-order valence-electron chi connectivity index (χ0n) is 19.1. The van der Waals surface area contributed by atoms with E-state index in [1.54, 1.807) is 6.92 Å². The van der Waals surface area contributed by atoms with Crippen LogP contribution in [-0.2, 0) is 6.54 Å². The summed E-state index contributed by atoms with van der Waals surface area (Å²) in [7, 11) is 0. The first-order valence-electron chi connectivity index (χ1n) is 11.3. The van der Waals surface area contributed by atoms with Gasteiger partial charge in [-0.05, 0) is 92.5 Å². The Morgan fingerprint density at radius 3 is 2.59 bits per heavy atom. The van der Waals surface area contributed by atoms with Gasteiger partial charge in [0.15, 0.2) is 5.78 Å². The molecule has 0 aliphatic rings. The van der Waals surface area contributed by atoms with Crippen LogP contribution in [0.3, 0.4) is 0 Å². The molecular weight excluding hydrogens is 488 g/mol. The van der Waals surface area contributed by atoms with E-state index in [2.05, 4.69) is 39.2 Å². The van der Waals surface area contributed by atoms with Crippen molar-refractivity contribution in [2.45, 2.75) is 52.7 Å². The lowest BCUT2D eigenvalue weighted by Gasteiger charge is -2.26. The maximum Gasteiger partial charge on any atom is 0.161 e. The van der Waals surface area contributed by atoms with E-state index in [-0.39, 0.29) is 11.9 Å². The zero-order chi connectivity index (χ0) is 23.1. The molecule has 4 nitrogen and oxygen atoms in total. The molecular formula is C26H32BrClN2O2. The van der Waals surface area contributed by atoms with Gasteiger partial charge in [-0.3, -0.25) is 9.69 Å². The number of Topliss-reactive ketones (excluding diaryl/α,β-unsaturated/α-hetero) is 1.